The van der Waals surface area contributed by atoms with Gasteiger partial charge in [-0.3, -0.25) is 4.79 Å². The number of carbonyl (C=O) groups is 1. The molecule has 1 aromatic heterocycles. The summed E-state index contributed by atoms with van der Waals surface area (Å²) in [7, 11) is 0. The topological polar surface area (TPSA) is 46.9 Å². The number of amides is 1. The van der Waals surface area contributed by atoms with Crippen molar-refractivity contribution in [3.63, 3.8) is 0 Å². The SMILES string of the molecule is C=C(F)C(=O)Nc1ccnn1CCC(C)C. The number of hydrogen-bond donors (Lipinski definition) is 1. The number of carbonyl (C=O) groups excluding carboxylic acids is 1. The molecule has 0 aliphatic rings. The average molecular weight is 225 g/mol. The monoisotopic (exact) mass is 225 g/mol. The Morgan fingerprint density at radius 3 is 2.94 bits per heavy atom. The summed E-state index contributed by atoms with van der Waals surface area (Å²) in [5.41, 5.74) is 0. The van der Waals surface area contributed by atoms with Crippen LogP contribution in [0, 0.1) is 5.92 Å². The Bertz CT molecular complexity index is 384. The van der Waals surface area contributed by atoms with Crippen molar-refractivity contribution in [3.05, 3.63) is 24.7 Å². The smallest absolute Gasteiger partial charge is 0.284 e. The average Bonchev–Trinajstić information content (AvgIpc) is 2.62. The number of rotatable bonds is 5. The highest BCUT2D eigenvalue weighted by Gasteiger charge is 2.09. The minimum atomic E-state index is -1.00. The largest absolute Gasteiger partial charge is 0.305 e. The molecule has 16 heavy (non-hydrogen) atoms. The summed E-state index contributed by atoms with van der Waals surface area (Å²) < 4.78 is 14.1. The van der Waals surface area contributed by atoms with Crippen LogP contribution in [-0.4, -0.2) is 15.7 Å². The molecule has 0 aliphatic carbocycles. The molecule has 4 nitrogen and oxygen atoms in total. The van der Waals surface area contributed by atoms with Gasteiger partial charge < -0.3 is 5.32 Å². The molecule has 1 N–H and O–H groups in total. The van der Waals surface area contributed by atoms with E-state index in [-0.39, 0.29) is 0 Å². The lowest BCUT2D eigenvalue weighted by Gasteiger charge is -2.09. The van der Waals surface area contributed by atoms with E-state index in [1.165, 1.54) is 0 Å². The second kappa shape index (κ2) is 5.44. The predicted molar refractivity (Wildman–Crippen MR) is 60.6 cm³/mol. The van der Waals surface area contributed by atoms with Crippen molar-refractivity contribution in [1.29, 1.82) is 0 Å². The Labute approximate surface area is 94.1 Å². The lowest BCUT2D eigenvalue weighted by atomic mass is 10.1. The fraction of sp³-hybridized carbons (Fsp3) is 0.455. The Balaban J connectivity index is 2.63. The van der Waals surface area contributed by atoms with Gasteiger partial charge in [0.15, 0.2) is 5.83 Å². The van der Waals surface area contributed by atoms with Crippen LogP contribution in [0.15, 0.2) is 24.7 Å². The number of nitrogens with one attached hydrogen (secondary N) is 1. The first kappa shape index (κ1) is 12.4. The van der Waals surface area contributed by atoms with Gasteiger partial charge in [0.25, 0.3) is 5.91 Å². The van der Waals surface area contributed by atoms with E-state index in [1.54, 1.807) is 16.9 Å². The minimum Gasteiger partial charge on any atom is -0.305 e. The van der Waals surface area contributed by atoms with Crippen LogP contribution in [0.4, 0.5) is 10.2 Å². The highest BCUT2D eigenvalue weighted by Crippen LogP contribution is 2.11. The summed E-state index contributed by atoms with van der Waals surface area (Å²) in [6.45, 7) is 7.83. The number of anilines is 1. The Morgan fingerprint density at radius 2 is 2.38 bits per heavy atom. The van der Waals surface area contributed by atoms with E-state index in [0.717, 1.165) is 6.42 Å². The molecule has 0 aliphatic heterocycles. The first-order valence-electron chi connectivity index (χ1n) is 5.18. The van der Waals surface area contributed by atoms with Gasteiger partial charge in [-0.1, -0.05) is 20.4 Å². The fourth-order valence-electron chi connectivity index (χ4n) is 1.18. The van der Waals surface area contributed by atoms with Crippen LogP contribution in [0.1, 0.15) is 20.3 Å². The molecule has 0 fully saturated rings. The molecular formula is C11H16FN3O. The first-order valence-corrected chi connectivity index (χ1v) is 5.18. The van der Waals surface area contributed by atoms with E-state index in [1.807, 2.05) is 0 Å². The molecule has 1 aromatic rings. The van der Waals surface area contributed by atoms with E-state index >= 15 is 0 Å². The predicted octanol–water partition coefficient (Wildman–Crippen LogP) is 2.35. The molecule has 1 amide bonds. The zero-order valence-electron chi connectivity index (χ0n) is 9.53. The maximum Gasteiger partial charge on any atom is 0.284 e. The van der Waals surface area contributed by atoms with Gasteiger partial charge in [-0.2, -0.15) is 5.10 Å². The third kappa shape index (κ3) is 3.49. The van der Waals surface area contributed by atoms with Gasteiger partial charge in [-0.15, -0.1) is 0 Å². The van der Waals surface area contributed by atoms with Crippen molar-refractivity contribution in [2.24, 2.45) is 5.92 Å². The maximum atomic E-state index is 12.5. The molecule has 5 heteroatoms. The number of halogens is 1. The lowest BCUT2D eigenvalue weighted by molar-refractivity contribution is -0.114. The fourth-order valence-corrected chi connectivity index (χ4v) is 1.18. The lowest BCUT2D eigenvalue weighted by Crippen LogP contribution is -2.16. The molecule has 0 saturated heterocycles. The normalized spacial score (nSPS) is 10.5. The van der Waals surface area contributed by atoms with Crippen LogP contribution >= 0.6 is 0 Å². The first-order chi connectivity index (χ1) is 7.50. The number of aryl methyl sites for hydroxylation is 1. The molecule has 0 unspecified atom stereocenters. The van der Waals surface area contributed by atoms with Crippen molar-refractivity contribution in [2.75, 3.05) is 5.32 Å². The second-order valence-electron chi connectivity index (χ2n) is 3.98. The van der Waals surface area contributed by atoms with Gasteiger partial charge >= 0.3 is 0 Å². The molecule has 0 aromatic carbocycles. The van der Waals surface area contributed by atoms with Gasteiger partial charge in [0.2, 0.25) is 0 Å². The number of nitrogens with zero attached hydrogens (tertiary/aromatic N) is 2. The molecule has 88 valence electrons. The van der Waals surface area contributed by atoms with Crippen molar-refractivity contribution in [1.82, 2.24) is 9.78 Å². The quantitative estimate of drug-likeness (QED) is 0.782. The van der Waals surface area contributed by atoms with E-state index in [0.29, 0.717) is 18.3 Å². The maximum absolute atomic E-state index is 12.5. The molecule has 0 radical (unpaired) electrons. The summed E-state index contributed by atoms with van der Waals surface area (Å²) >= 11 is 0. The molecular weight excluding hydrogens is 209 g/mol. The third-order valence-corrected chi connectivity index (χ3v) is 2.12. The molecule has 0 atom stereocenters. The highest BCUT2D eigenvalue weighted by molar-refractivity contribution is 6.01. The zero-order valence-corrected chi connectivity index (χ0v) is 9.53. The molecule has 0 bridgehead atoms. The standard InChI is InChI=1S/C11H16FN3O/c1-8(2)5-7-15-10(4-6-13-15)14-11(16)9(3)12/h4,6,8H,3,5,7H2,1-2H3,(H,14,16). The van der Waals surface area contributed by atoms with Crippen LogP contribution in [0.25, 0.3) is 0 Å². The summed E-state index contributed by atoms with van der Waals surface area (Å²) in [4.78, 5) is 11.1. The third-order valence-electron chi connectivity index (χ3n) is 2.12. The molecule has 0 spiro atoms. The highest BCUT2D eigenvalue weighted by atomic mass is 19.1. The zero-order chi connectivity index (χ0) is 12.1. The van der Waals surface area contributed by atoms with Gasteiger partial charge in [0.05, 0.1) is 6.20 Å². The van der Waals surface area contributed by atoms with Crippen molar-refractivity contribution >= 4 is 11.7 Å². The van der Waals surface area contributed by atoms with Crippen molar-refractivity contribution < 1.29 is 9.18 Å². The van der Waals surface area contributed by atoms with Crippen molar-refractivity contribution in [3.8, 4) is 0 Å². The van der Waals surface area contributed by atoms with Crippen LogP contribution < -0.4 is 5.32 Å². The van der Waals surface area contributed by atoms with Gasteiger partial charge in [-0.25, -0.2) is 9.07 Å². The van der Waals surface area contributed by atoms with Crippen molar-refractivity contribution in [2.45, 2.75) is 26.8 Å². The van der Waals surface area contributed by atoms with E-state index in [4.69, 9.17) is 0 Å². The summed E-state index contributed by atoms with van der Waals surface area (Å²) in [6.07, 6.45) is 2.51. The van der Waals surface area contributed by atoms with Crippen LogP contribution in [0.2, 0.25) is 0 Å². The Morgan fingerprint density at radius 1 is 1.69 bits per heavy atom. The Hall–Kier alpha value is -1.65. The van der Waals surface area contributed by atoms with Gasteiger partial charge in [0.1, 0.15) is 5.82 Å². The van der Waals surface area contributed by atoms with Crippen LogP contribution in [-0.2, 0) is 11.3 Å². The summed E-state index contributed by atoms with van der Waals surface area (Å²) in [6, 6.07) is 1.63. The van der Waals surface area contributed by atoms with E-state index in [2.05, 4.69) is 30.8 Å². The molecule has 1 rings (SSSR count). The van der Waals surface area contributed by atoms with E-state index in [9.17, 15) is 9.18 Å². The van der Waals surface area contributed by atoms with Gasteiger partial charge in [-0.05, 0) is 12.3 Å². The minimum absolute atomic E-state index is 0.490. The number of aromatic nitrogens is 2. The van der Waals surface area contributed by atoms with Crippen LogP contribution in [0.3, 0.4) is 0 Å². The Kier molecular flexibility index (Phi) is 4.22. The number of hydrogen-bond acceptors (Lipinski definition) is 2. The second-order valence-corrected chi connectivity index (χ2v) is 3.98. The van der Waals surface area contributed by atoms with E-state index < -0.39 is 11.7 Å². The van der Waals surface area contributed by atoms with Crippen LogP contribution in [0.5, 0.6) is 0 Å². The molecule has 0 saturated carbocycles. The summed E-state index contributed by atoms with van der Waals surface area (Å²) in [5, 5.41) is 6.45. The van der Waals surface area contributed by atoms with Gasteiger partial charge in [0, 0.05) is 12.6 Å². The summed E-state index contributed by atoms with van der Waals surface area (Å²) in [5.74, 6) is -0.795. The molecule has 1 heterocycles.